The molecule has 0 aromatic carbocycles. The molecule has 1 unspecified atom stereocenters. The summed E-state index contributed by atoms with van der Waals surface area (Å²) in [5.41, 5.74) is 0.980. The van der Waals surface area contributed by atoms with Crippen LogP contribution in [-0.2, 0) is 4.74 Å². The van der Waals surface area contributed by atoms with Gasteiger partial charge in [-0.05, 0) is 38.4 Å². The lowest BCUT2D eigenvalue weighted by molar-refractivity contribution is 0.0306. The molecule has 2 aromatic heterocycles. The van der Waals surface area contributed by atoms with Crippen molar-refractivity contribution in [1.29, 1.82) is 0 Å². The highest BCUT2D eigenvalue weighted by Crippen LogP contribution is 2.34. The number of nitrogens with one attached hydrogen (secondary N) is 1. The molecule has 0 spiro atoms. The zero-order chi connectivity index (χ0) is 18.8. The van der Waals surface area contributed by atoms with Crippen molar-refractivity contribution in [3.8, 4) is 0 Å². The van der Waals surface area contributed by atoms with Crippen LogP contribution in [0.25, 0.3) is 10.2 Å². The molecule has 7 nitrogen and oxygen atoms in total. The normalized spacial score (nSPS) is 21.1. The van der Waals surface area contributed by atoms with Crippen LogP contribution in [0.15, 0.2) is 6.33 Å². The number of carbonyl (C=O) groups excluding carboxylic acids is 1. The number of amides is 1. The van der Waals surface area contributed by atoms with Crippen LogP contribution in [0.2, 0.25) is 0 Å². The lowest BCUT2D eigenvalue weighted by atomic mass is 10.1. The second-order valence-corrected chi connectivity index (χ2v) is 8.17. The standard InChI is InChI=1S/C19H27N5O2S/c1-3-23-6-4-5-14(23)11-20-17-15-13(2)16(27-18(15)22-12-21-17)19(25)24-7-9-26-10-8-24/h12,14H,3-11H2,1-2H3,(H,20,21,22). The maximum Gasteiger partial charge on any atom is 0.264 e. The van der Waals surface area contributed by atoms with Gasteiger partial charge in [0.1, 0.15) is 17.0 Å². The van der Waals surface area contributed by atoms with Crippen LogP contribution < -0.4 is 5.32 Å². The molecule has 146 valence electrons. The molecule has 0 bridgehead atoms. The molecule has 8 heteroatoms. The number of hydrogen-bond donors (Lipinski definition) is 1. The van der Waals surface area contributed by atoms with Crippen molar-refractivity contribution in [2.45, 2.75) is 32.7 Å². The molecule has 2 fully saturated rings. The van der Waals surface area contributed by atoms with Crippen LogP contribution in [0.1, 0.15) is 35.0 Å². The van der Waals surface area contributed by atoms with Crippen LogP contribution in [0.4, 0.5) is 5.82 Å². The minimum absolute atomic E-state index is 0.0812. The summed E-state index contributed by atoms with van der Waals surface area (Å²) in [7, 11) is 0. The third-order valence-corrected chi connectivity index (χ3v) is 6.82. The van der Waals surface area contributed by atoms with E-state index in [1.807, 2.05) is 11.8 Å². The van der Waals surface area contributed by atoms with Gasteiger partial charge < -0.3 is 15.0 Å². The summed E-state index contributed by atoms with van der Waals surface area (Å²) in [5, 5.41) is 4.52. The van der Waals surface area contributed by atoms with E-state index >= 15 is 0 Å². The van der Waals surface area contributed by atoms with Crippen LogP contribution in [0, 0.1) is 6.92 Å². The van der Waals surface area contributed by atoms with Gasteiger partial charge in [-0.15, -0.1) is 11.3 Å². The molecule has 4 heterocycles. The Kier molecular flexibility index (Phi) is 5.56. The third-order valence-electron chi connectivity index (χ3n) is 5.63. The van der Waals surface area contributed by atoms with Crippen molar-refractivity contribution in [2.75, 3.05) is 51.3 Å². The van der Waals surface area contributed by atoms with Crippen LogP contribution in [0.3, 0.4) is 0 Å². The number of aromatic nitrogens is 2. The average molecular weight is 390 g/mol. The second-order valence-electron chi connectivity index (χ2n) is 7.17. The lowest BCUT2D eigenvalue weighted by Gasteiger charge is -2.26. The van der Waals surface area contributed by atoms with E-state index in [4.69, 9.17) is 4.74 Å². The Hall–Kier alpha value is -1.77. The molecular weight excluding hydrogens is 362 g/mol. The van der Waals surface area contributed by atoms with Gasteiger partial charge in [0.25, 0.3) is 5.91 Å². The van der Waals surface area contributed by atoms with Crippen molar-refractivity contribution in [1.82, 2.24) is 19.8 Å². The summed E-state index contributed by atoms with van der Waals surface area (Å²) in [6.07, 6.45) is 4.07. The SMILES string of the molecule is CCN1CCCC1CNc1ncnc2sc(C(=O)N3CCOCC3)c(C)c12. The van der Waals surface area contributed by atoms with Gasteiger partial charge in [-0.25, -0.2) is 9.97 Å². The fourth-order valence-electron chi connectivity index (χ4n) is 4.08. The second kappa shape index (κ2) is 8.08. The summed E-state index contributed by atoms with van der Waals surface area (Å²) in [6.45, 7) is 9.88. The van der Waals surface area contributed by atoms with Gasteiger partial charge in [-0.1, -0.05) is 6.92 Å². The van der Waals surface area contributed by atoms with Gasteiger partial charge in [-0.3, -0.25) is 9.69 Å². The molecule has 0 saturated carbocycles. The van der Waals surface area contributed by atoms with E-state index in [0.29, 0.717) is 32.3 Å². The fraction of sp³-hybridized carbons (Fsp3) is 0.632. The van der Waals surface area contributed by atoms with Crippen LogP contribution >= 0.6 is 11.3 Å². The van der Waals surface area contributed by atoms with Crippen molar-refractivity contribution < 1.29 is 9.53 Å². The molecule has 0 radical (unpaired) electrons. The number of hydrogen-bond acceptors (Lipinski definition) is 7. The molecule has 2 aliphatic heterocycles. The Labute approximate surface area is 163 Å². The average Bonchev–Trinajstić information content (AvgIpc) is 3.31. The molecule has 2 aromatic rings. The molecule has 27 heavy (non-hydrogen) atoms. The Morgan fingerprint density at radius 2 is 2.15 bits per heavy atom. The predicted octanol–water partition coefficient (Wildman–Crippen LogP) is 2.37. The highest BCUT2D eigenvalue weighted by molar-refractivity contribution is 7.20. The lowest BCUT2D eigenvalue weighted by Crippen LogP contribution is -2.40. The number of aryl methyl sites for hydroxylation is 1. The summed E-state index contributed by atoms with van der Waals surface area (Å²) < 4.78 is 5.37. The Morgan fingerprint density at radius 3 is 2.93 bits per heavy atom. The Balaban J connectivity index is 1.57. The fourth-order valence-corrected chi connectivity index (χ4v) is 5.19. The van der Waals surface area contributed by atoms with Gasteiger partial charge in [0.2, 0.25) is 0 Å². The maximum absolute atomic E-state index is 13.0. The summed E-state index contributed by atoms with van der Waals surface area (Å²) in [4.78, 5) is 27.9. The molecule has 1 N–H and O–H groups in total. The van der Waals surface area contributed by atoms with E-state index < -0.39 is 0 Å². The summed E-state index contributed by atoms with van der Waals surface area (Å²) >= 11 is 1.47. The highest BCUT2D eigenvalue weighted by atomic mass is 32.1. The third kappa shape index (κ3) is 3.66. The number of likely N-dealkylation sites (N-methyl/N-ethyl adjacent to an activating group) is 1. The minimum Gasteiger partial charge on any atom is -0.378 e. The highest BCUT2D eigenvalue weighted by Gasteiger charge is 2.26. The van der Waals surface area contributed by atoms with Crippen molar-refractivity contribution in [2.24, 2.45) is 0 Å². The first-order chi connectivity index (χ1) is 13.2. The van der Waals surface area contributed by atoms with Gasteiger partial charge in [0.05, 0.1) is 23.5 Å². The largest absolute Gasteiger partial charge is 0.378 e. The minimum atomic E-state index is 0.0812. The number of fused-ring (bicyclic) bond motifs is 1. The monoisotopic (exact) mass is 389 g/mol. The zero-order valence-electron chi connectivity index (χ0n) is 16.0. The van der Waals surface area contributed by atoms with E-state index in [2.05, 4.69) is 27.1 Å². The van der Waals surface area contributed by atoms with Gasteiger partial charge in [-0.2, -0.15) is 0 Å². The molecule has 4 rings (SSSR count). The number of likely N-dealkylation sites (tertiary alicyclic amines) is 1. The first-order valence-corrected chi connectivity index (χ1v) is 10.6. The number of thiophene rings is 1. The maximum atomic E-state index is 13.0. The van der Waals surface area contributed by atoms with Crippen molar-refractivity contribution >= 4 is 33.3 Å². The number of ether oxygens (including phenoxy) is 1. The van der Waals surface area contributed by atoms with Gasteiger partial charge in [0, 0.05) is 25.7 Å². The van der Waals surface area contributed by atoms with Gasteiger partial charge >= 0.3 is 0 Å². The molecule has 1 amide bonds. The molecule has 1 atom stereocenters. The number of nitrogens with zero attached hydrogens (tertiary/aromatic N) is 4. The van der Waals surface area contributed by atoms with Crippen molar-refractivity contribution in [3.05, 3.63) is 16.8 Å². The first kappa shape index (κ1) is 18.6. The van der Waals surface area contributed by atoms with E-state index in [-0.39, 0.29) is 5.91 Å². The Bertz CT molecular complexity index is 818. The summed E-state index contributed by atoms with van der Waals surface area (Å²) in [5.74, 6) is 0.926. The number of carbonyl (C=O) groups is 1. The van der Waals surface area contributed by atoms with E-state index in [1.165, 1.54) is 30.7 Å². The topological polar surface area (TPSA) is 70.6 Å². The van der Waals surface area contributed by atoms with E-state index in [9.17, 15) is 4.79 Å². The quantitative estimate of drug-likeness (QED) is 0.847. The number of anilines is 1. The Morgan fingerprint density at radius 1 is 1.33 bits per heavy atom. The molecule has 0 aliphatic carbocycles. The zero-order valence-corrected chi connectivity index (χ0v) is 16.8. The number of morpholine rings is 1. The van der Waals surface area contributed by atoms with Gasteiger partial charge in [0.15, 0.2) is 0 Å². The van der Waals surface area contributed by atoms with Crippen LogP contribution in [0.5, 0.6) is 0 Å². The van der Waals surface area contributed by atoms with E-state index in [0.717, 1.165) is 39.6 Å². The summed E-state index contributed by atoms with van der Waals surface area (Å²) in [6, 6.07) is 0.549. The number of rotatable bonds is 5. The first-order valence-electron chi connectivity index (χ1n) is 9.78. The smallest absolute Gasteiger partial charge is 0.264 e. The molecule has 2 aliphatic rings. The molecule has 2 saturated heterocycles. The van der Waals surface area contributed by atoms with Crippen LogP contribution in [-0.4, -0.2) is 77.7 Å². The van der Waals surface area contributed by atoms with E-state index in [1.54, 1.807) is 6.33 Å². The predicted molar refractivity (Wildman–Crippen MR) is 108 cm³/mol. The molecular formula is C19H27N5O2S. The van der Waals surface area contributed by atoms with Crippen molar-refractivity contribution in [3.63, 3.8) is 0 Å².